The van der Waals surface area contributed by atoms with Crippen LogP contribution in [0.25, 0.3) is 10.9 Å². The van der Waals surface area contributed by atoms with Crippen LogP contribution in [0.5, 0.6) is 5.75 Å². The summed E-state index contributed by atoms with van der Waals surface area (Å²) in [7, 11) is 0. The van der Waals surface area contributed by atoms with Gasteiger partial charge in [-0.05, 0) is 43.7 Å². The number of hydrogen-bond acceptors (Lipinski definition) is 5. The molecule has 3 aromatic carbocycles. The zero-order valence-electron chi connectivity index (χ0n) is 19.3. The summed E-state index contributed by atoms with van der Waals surface area (Å²) in [6.07, 6.45) is -0.876. The van der Waals surface area contributed by atoms with E-state index < -0.39 is 29.1 Å². The Labute approximate surface area is 197 Å². The number of carbonyl (C=O) groups is 1. The summed E-state index contributed by atoms with van der Waals surface area (Å²) in [4.78, 5) is 31.1. The van der Waals surface area contributed by atoms with E-state index in [4.69, 9.17) is 4.74 Å². The molecular formula is C27H27N3O4. The largest absolute Gasteiger partial charge is 0.481 e. The maximum atomic E-state index is 13.4. The number of benzene rings is 3. The maximum Gasteiger partial charge on any atom is 0.280 e. The Morgan fingerprint density at radius 3 is 2.24 bits per heavy atom. The van der Waals surface area contributed by atoms with Crippen molar-refractivity contribution in [3.05, 3.63) is 107 Å². The third-order valence-electron chi connectivity index (χ3n) is 6.04. The Morgan fingerprint density at radius 2 is 1.56 bits per heavy atom. The molecule has 0 bridgehead atoms. The minimum atomic E-state index is -1.36. The summed E-state index contributed by atoms with van der Waals surface area (Å²) in [5.74, 6) is -0.388. The van der Waals surface area contributed by atoms with Crippen molar-refractivity contribution in [1.29, 1.82) is 0 Å². The van der Waals surface area contributed by atoms with Crippen molar-refractivity contribution >= 4 is 16.8 Å². The first-order valence-electron chi connectivity index (χ1n) is 11.1. The molecule has 1 heterocycles. The first-order chi connectivity index (χ1) is 16.3. The topological polar surface area (TPSA) is 93.4 Å². The molecule has 0 saturated carbocycles. The average Bonchev–Trinajstić information content (AvgIpc) is 2.86. The molecule has 4 rings (SSSR count). The van der Waals surface area contributed by atoms with Crippen LogP contribution in [0.2, 0.25) is 0 Å². The molecule has 0 aliphatic carbocycles. The fourth-order valence-corrected chi connectivity index (χ4v) is 3.78. The second kappa shape index (κ2) is 9.49. The number of fused-ring (bicyclic) bond motifs is 1. The van der Waals surface area contributed by atoms with Crippen LogP contribution in [-0.2, 0) is 10.4 Å². The molecule has 174 valence electrons. The van der Waals surface area contributed by atoms with Gasteiger partial charge in [-0.25, -0.2) is 9.66 Å². The number of carbonyl (C=O) groups excluding carboxylic acids is 1. The van der Waals surface area contributed by atoms with E-state index >= 15 is 0 Å². The molecule has 3 unspecified atom stereocenters. The summed E-state index contributed by atoms with van der Waals surface area (Å²) in [5, 5.41) is 11.8. The van der Waals surface area contributed by atoms with Crippen LogP contribution in [0.1, 0.15) is 38.1 Å². The van der Waals surface area contributed by atoms with E-state index in [2.05, 4.69) is 10.4 Å². The zero-order valence-corrected chi connectivity index (χ0v) is 19.3. The third-order valence-corrected chi connectivity index (χ3v) is 6.04. The Balaban J connectivity index is 1.75. The quantitative estimate of drug-likeness (QED) is 0.438. The molecule has 3 atom stereocenters. The molecule has 0 aliphatic rings. The van der Waals surface area contributed by atoms with Gasteiger partial charge in [0.05, 0.1) is 16.5 Å². The van der Waals surface area contributed by atoms with Crippen molar-refractivity contribution in [3.8, 4) is 5.75 Å². The molecule has 2 N–H and O–H groups in total. The molecule has 4 aromatic rings. The predicted octanol–water partition coefficient (Wildman–Crippen LogP) is 3.95. The lowest BCUT2D eigenvalue weighted by molar-refractivity contribution is -0.123. The molecule has 7 nitrogen and oxygen atoms in total. The smallest absolute Gasteiger partial charge is 0.280 e. The number of aliphatic hydroxyl groups is 1. The van der Waals surface area contributed by atoms with Gasteiger partial charge in [0.2, 0.25) is 0 Å². The van der Waals surface area contributed by atoms with Gasteiger partial charge in [-0.2, -0.15) is 0 Å². The second-order valence-electron chi connectivity index (χ2n) is 8.41. The normalized spacial score (nSPS) is 14.7. The lowest BCUT2D eigenvalue weighted by Crippen LogP contribution is -2.44. The maximum absolute atomic E-state index is 13.4. The van der Waals surface area contributed by atoms with Gasteiger partial charge in [0.15, 0.2) is 6.10 Å². The molecule has 0 aliphatic heterocycles. The number of aromatic nitrogens is 2. The molecule has 0 spiro atoms. The van der Waals surface area contributed by atoms with Crippen molar-refractivity contribution in [2.24, 2.45) is 0 Å². The van der Waals surface area contributed by atoms with Crippen LogP contribution in [0.4, 0.5) is 0 Å². The Morgan fingerprint density at radius 1 is 0.971 bits per heavy atom. The standard InChI is InChI=1S/C27H27N3O4/c1-18(27(3,33)20-12-6-4-7-13-20)24-28-23-17-11-10-16-22(23)26(32)30(24)29-25(31)19(2)34-21-14-8-5-9-15-21/h4-19,33H,1-3H3,(H,29,31). The molecule has 7 heteroatoms. The van der Waals surface area contributed by atoms with E-state index in [-0.39, 0.29) is 5.82 Å². The van der Waals surface area contributed by atoms with Gasteiger partial charge < -0.3 is 9.84 Å². The highest BCUT2D eigenvalue weighted by molar-refractivity contribution is 5.88. The van der Waals surface area contributed by atoms with Crippen LogP contribution in [0, 0.1) is 0 Å². The highest BCUT2D eigenvalue weighted by Crippen LogP contribution is 2.35. The monoisotopic (exact) mass is 457 g/mol. The average molecular weight is 458 g/mol. The van der Waals surface area contributed by atoms with Crippen LogP contribution in [0.3, 0.4) is 0 Å². The molecule has 1 aromatic heterocycles. The molecule has 34 heavy (non-hydrogen) atoms. The van der Waals surface area contributed by atoms with Crippen molar-refractivity contribution < 1.29 is 14.6 Å². The van der Waals surface area contributed by atoms with Crippen LogP contribution < -0.4 is 15.7 Å². The summed E-state index contributed by atoms with van der Waals surface area (Å²) in [5.41, 5.74) is 2.02. The van der Waals surface area contributed by atoms with Gasteiger partial charge in [-0.3, -0.25) is 15.0 Å². The number of nitrogens with one attached hydrogen (secondary N) is 1. The molecule has 0 radical (unpaired) electrons. The van der Waals surface area contributed by atoms with E-state index in [1.54, 1.807) is 57.2 Å². The predicted molar refractivity (Wildman–Crippen MR) is 131 cm³/mol. The summed E-state index contributed by atoms with van der Waals surface area (Å²) in [6, 6.07) is 25.0. The minimum Gasteiger partial charge on any atom is -0.481 e. The van der Waals surface area contributed by atoms with E-state index in [0.29, 0.717) is 22.2 Å². The highest BCUT2D eigenvalue weighted by Gasteiger charge is 2.35. The Hall–Kier alpha value is -3.97. The van der Waals surface area contributed by atoms with E-state index in [0.717, 1.165) is 4.68 Å². The fourth-order valence-electron chi connectivity index (χ4n) is 3.78. The summed E-state index contributed by atoms with van der Waals surface area (Å²) < 4.78 is 6.84. The second-order valence-corrected chi connectivity index (χ2v) is 8.41. The van der Waals surface area contributed by atoms with Crippen molar-refractivity contribution in [2.75, 3.05) is 5.43 Å². The summed E-state index contributed by atoms with van der Waals surface area (Å²) >= 11 is 0. The van der Waals surface area contributed by atoms with Crippen LogP contribution in [-0.4, -0.2) is 26.8 Å². The van der Waals surface area contributed by atoms with E-state index in [1.807, 2.05) is 48.5 Å². The first kappa shape index (κ1) is 23.2. The van der Waals surface area contributed by atoms with E-state index in [9.17, 15) is 14.7 Å². The minimum absolute atomic E-state index is 0.234. The third kappa shape index (κ3) is 4.56. The number of amides is 1. The van der Waals surface area contributed by atoms with Gasteiger partial charge in [0.1, 0.15) is 11.6 Å². The molecule has 0 fully saturated rings. The molecule has 0 saturated heterocycles. The van der Waals surface area contributed by atoms with Gasteiger partial charge >= 0.3 is 0 Å². The Bertz CT molecular complexity index is 1350. The Kier molecular flexibility index (Phi) is 6.47. The van der Waals surface area contributed by atoms with Crippen molar-refractivity contribution in [2.45, 2.75) is 38.4 Å². The van der Waals surface area contributed by atoms with Gasteiger partial charge in [-0.1, -0.05) is 67.6 Å². The van der Waals surface area contributed by atoms with Crippen LogP contribution in [0.15, 0.2) is 89.7 Å². The van der Waals surface area contributed by atoms with Gasteiger partial charge in [-0.15, -0.1) is 0 Å². The van der Waals surface area contributed by atoms with E-state index in [1.165, 1.54) is 0 Å². The van der Waals surface area contributed by atoms with Gasteiger partial charge in [0, 0.05) is 5.92 Å². The lowest BCUT2D eigenvalue weighted by atomic mass is 9.83. The lowest BCUT2D eigenvalue weighted by Gasteiger charge is -2.32. The number of hydrogen-bond donors (Lipinski definition) is 2. The molecular weight excluding hydrogens is 430 g/mol. The zero-order chi connectivity index (χ0) is 24.3. The number of para-hydroxylation sites is 2. The van der Waals surface area contributed by atoms with Gasteiger partial charge in [0.25, 0.3) is 11.5 Å². The first-order valence-corrected chi connectivity index (χ1v) is 11.1. The SMILES string of the molecule is CC(Oc1ccccc1)C(=O)Nn1c(C(C)C(C)(O)c2ccccc2)nc2ccccc2c1=O. The number of rotatable bonds is 7. The fraction of sp³-hybridized carbons (Fsp3) is 0.222. The van der Waals surface area contributed by atoms with Crippen molar-refractivity contribution in [1.82, 2.24) is 9.66 Å². The van der Waals surface area contributed by atoms with Crippen molar-refractivity contribution in [3.63, 3.8) is 0 Å². The van der Waals surface area contributed by atoms with Crippen LogP contribution >= 0.6 is 0 Å². The number of ether oxygens (including phenoxy) is 1. The molecule has 1 amide bonds. The highest BCUT2D eigenvalue weighted by atomic mass is 16.5. The number of nitrogens with zero attached hydrogens (tertiary/aromatic N) is 2. The summed E-state index contributed by atoms with van der Waals surface area (Å²) in [6.45, 7) is 5.04.